The molecule has 15 heavy (non-hydrogen) atoms. The summed E-state index contributed by atoms with van der Waals surface area (Å²) in [6.45, 7) is 1.50. The molecule has 1 atom stereocenters. The Labute approximate surface area is 92.2 Å². The van der Waals surface area contributed by atoms with Gasteiger partial charge >= 0.3 is 0 Å². The lowest BCUT2D eigenvalue weighted by atomic mass is 10.1. The molecular weight excluding hydrogens is 208 g/mol. The van der Waals surface area contributed by atoms with Gasteiger partial charge in [0.15, 0.2) is 0 Å². The predicted octanol–water partition coefficient (Wildman–Crippen LogP) is 2.91. The number of carbonyl (C=O) groups excluding carboxylic acids is 1. The molecule has 0 aliphatic carbocycles. The minimum Gasteiger partial charge on any atom is -0.387 e. The molecule has 0 spiro atoms. The topological polar surface area (TPSA) is 37.3 Å². The van der Waals surface area contributed by atoms with E-state index in [0.29, 0.717) is 0 Å². The zero-order chi connectivity index (χ0) is 10.8. The smallest absolute Gasteiger partial charge is 0.132 e. The highest BCUT2D eigenvalue weighted by molar-refractivity contribution is 7.19. The maximum atomic E-state index is 10.9. The Morgan fingerprint density at radius 2 is 2.20 bits per heavy atom. The Kier molecular flexibility index (Phi) is 2.84. The molecule has 0 aliphatic rings. The van der Waals surface area contributed by atoms with Crippen LogP contribution in [0.3, 0.4) is 0 Å². The Morgan fingerprint density at radius 1 is 1.47 bits per heavy atom. The molecule has 0 bridgehead atoms. The number of rotatable bonds is 3. The average Bonchev–Trinajstić information content (AvgIpc) is 2.59. The largest absolute Gasteiger partial charge is 0.387 e. The number of Topliss-reactive ketones (excluding diaryl/α,β-unsaturated/α-hetero) is 1. The van der Waals surface area contributed by atoms with E-state index in [1.165, 1.54) is 6.92 Å². The van der Waals surface area contributed by atoms with Crippen LogP contribution in [0, 0.1) is 0 Å². The molecule has 2 aromatic rings. The molecule has 0 amide bonds. The Balaban J connectivity index is 2.32. The molecule has 0 aliphatic heterocycles. The van der Waals surface area contributed by atoms with Gasteiger partial charge < -0.3 is 5.11 Å². The van der Waals surface area contributed by atoms with Gasteiger partial charge in [0.25, 0.3) is 0 Å². The van der Waals surface area contributed by atoms with Crippen molar-refractivity contribution in [2.24, 2.45) is 0 Å². The fourth-order valence-electron chi connectivity index (χ4n) is 1.54. The molecule has 0 saturated carbocycles. The summed E-state index contributed by atoms with van der Waals surface area (Å²) in [5, 5.41) is 10.9. The van der Waals surface area contributed by atoms with Gasteiger partial charge in [-0.1, -0.05) is 18.2 Å². The summed E-state index contributed by atoms with van der Waals surface area (Å²) in [5.74, 6) is 0.0138. The van der Waals surface area contributed by atoms with Gasteiger partial charge in [0.2, 0.25) is 0 Å². The summed E-state index contributed by atoms with van der Waals surface area (Å²) < 4.78 is 1.15. The van der Waals surface area contributed by atoms with Gasteiger partial charge in [0, 0.05) is 16.0 Å². The normalized spacial score (nSPS) is 12.9. The second kappa shape index (κ2) is 4.13. The maximum absolute atomic E-state index is 10.9. The Hall–Kier alpha value is -1.19. The molecule has 3 heteroatoms. The van der Waals surface area contributed by atoms with Crippen LogP contribution in [0.2, 0.25) is 0 Å². The average molecular weight is 220 g/mol. The van der Waals surface area contributed by atoms with Crippen LogP contribution in [0.1, 0.15) is 24.3 Å². The molecule has 2 nitrogen and oxygen atoms in total. The zero-order valence-electron chi connectivity index (χ0n) is 8.43. The van der Waals surface area contributed by atoms with Gasteiger partial charge in [0.1, 0.15) is 5.78 Å². The lowest BCUT2D eigenvalue weighted by Gasteiger charge is -2.03. The SMILES string of the molecule is CC(=O)C[C@@H](O)c1cc2ccccc2s1. The fourth-order valence-corrected chi connectivity index (χ4v) is 2.59. The number of thiophene rings is 1. The summed E-state index contributed by atoms with van der Waals surface area (Å²) in [6.07, 6.45) is -0.452. The first kappa shape index (κ1) is 10.3. The zero-order valence-corrected chi connectivity index (χ0v) is 9.25. The van der Waals surface area contributed by atoms with Crippen molar-refractivity contribution in [2.45, 2.75) is 19.4 Å². The van der Waals surface area contributed by atoms with Crippen molar-refractivity contribution in [3.8, 4) is 0 Å². The summed E-state index contributed by atoms with van der Waals surface area (Å²) >= 11 is 1.55. The van der Waals surface area contributed by atoms with Gasteiger partial charge in [-0.15, -0.1) is 11.3 Å². The number of hydrogen-bond donors (Lipinski definition) is 1. The third-order valence-electron chi connectivity index (χ3n) is 2.25. The van der Waals surface area contributed by atoms with Crippen molar-refractivity contribution >= 4 is 27.2 Å². The van der Waals surface area contributed by atoms with Crippen LogP contribution in [-0.2, 0) is 4.79 Å². The lowest BCUT2D eigenvalue weighted by Crippen LogP contribution is -2.00. The van der Waals surface area contributed by atoms with Crippen molar-refractivity contribution < 1.29 is 9.90 Å². The minimum absolute atomic E-state index is 0.0138. The second-order valence-electron chi connectivity index (χ2n) is 3.61. The van der Waals surface area contributed by atoms with Crippen LogP contribution >= 0.6 is 11.3 Å². The van der Waals surface area contributed by atoms with Crippen LogP contribution in [-0.4, -0.2) is 10.9 Å². The quantitative estimate of drug-likeness (QED) is 0.863. The van der Waals surface area contributed by atoms with Crippen LogP contribution < -0.4 is 0 Å². The number of carbonyl (C=O) groups is 1. The number of aliphatic hydroxyl groups is 1. The third-order valence-corrected chi connectivity index (χ3v) is 3.47. The Morgan fingerprint density at radius 3 is 2.87 bits per heavy atom. The highest BCUT2D eigenvalue weighted by Gasteiger charge is 2.12. The molecule has 0 fully saturated rings. The predicted molar refractivity (Wildman–Crippen MR) is 62.1 cm³/mol. The van der Waals surface area contributed by atoms with E-state index in [4.69, 9.17) is 0 Å². The number of aliphatic hydroxyl groups excluding tert-OH is 1. The van der Waals surface area contributed by atoms with E-state index in [2.05, 4.69) is 0 Å². The summed E-state index contributed by atoms with van der Waals surface area (Å²) in [4.78, 5) is 11.8. The van der Waals surface area contributed by atoms with Crippen molar-refractivity contribution in [1.82, 2.24) is 0 Å². The Bertz CT molecular complexity index is 454. The number of hydrogen-bond acceptors (Lipinski definition) is 3. The van der Waals surface area contributed by atoms with Gasteiger partial charge in [-0.3, -0.25) is 4.79 Å². The standard InChI is InChI=1S/C12H12O2S/c1-8(13)6-10(14)12-7-9-4-2-3-5-11(9)15-12/h2-5,7,10,14H,6H2,1H3/t10-/m1/s1. The van der Waals surface area contributed by atoms with Gasteiger partial charge in [-0.25, -0.2) is 0 Å². The van der Waals surface area contributed by atoms with Crippen molar-refractivity contribution in [3.63, 3.8) is 0 Å². The van der Waals surface area contributed by atoms with Gasteiger partial charge in [0.05, 0.1) is 6.10 Å². The van der Waals surface area contributed by atoms with E-state index in [0.717, 1.165) is 15.0 Å². The van der Waals surface area contributed by atoms with Crippen molar-refractivity contribution in [3.05, 3.63) is 35.2 Å². The van der Waals surface area contributed by atoms with Crippen LogP contribution in [0.4, 0.5) is 0 Å². The lowest BCUT2D eigenvalue weighted by molar-refractivity contribution is -0.118. The van der Waals surface area contributed by atoms with Crippen LogP contribution in [0.5, 0.6) is 0 Å². The van der Waals surface area contributed by atoms with E-state index < -0.39 is 6.10 Å². The van der Waals surface area contributed by atoms with E-state index in [1.807, 2.05) is 30.3 Å². The molecule has 1 N–H and O–H groups in total. The maximum Gasteiger partial charge on any atom is 0.132 e. The summed E-state index contributed by atoms with van der Waals surface area (Å²) in [7, 11) is 0. The molecule has 0 radical (unpaired) electrons. The van der Waals surface area contributed by atoms with Crippen molar-refractivity contribution in [2.75, 3.05) is 0 Å². The molecule has 1 aromatic heterocycles. The van der Waals surface area contributed by atoms with Crippen LogP contribution in [0.25, 0.3) is 10.1 Å². The monoisotopic (exact) mass is 220 g/mol. The minimum atomic E-state index is -0.653. The molecular formula is C12H12O2S. The number of fused-ring (bicyclic) bond motifs is 1. The number of benzene rings is 1. The first-order chi connectivity index (χ1) is 7.16. The van der Waals surface area contributed by atoms with Gasteiger partial charge in [-0.2, -0.15) is 0 Å². The molecule has 2 rings (SSSR count). The van der Waals surface area contributed by atoms with E-state index in [1.54, 1.807) is 11.3 Å². The summed E-state index contributed by atoms with van der Waals surface area (Å²) in [6, 6.07) is 9.92. The second-order valence-corrected chi connectivity index (χ2v) is 4.72. The molecule has 1 aromatic carbocycles. The molecule has 78 valence electrons. The fraction of sp³-hybridized carbons (Fsp3) is 0.250. The first-order valence-corrected chi connectivity index (χ1v) is 5.64. The molecule has 1 heterocycles. The van der Waals surface area contributed by atoms with E-state index in [9.17, 15) is 9.90 Å². The third kappa shape index (κ3) is 2.25. The molecule has 0 unspecified atom stereocenters. The van der Waals surface area contributed by atoms with Crippen molar-refractivity contribution in [1.29, 1.82) is 0 Å². The van der Waals surface area contributed by atoms with Gasteiger partial charge in [-0.05, 0) is 24.4 Å². The highest BCUT2D eigenvalue weighted by Crippen LogP contribution is 2.31. The van der Waals surface area contributed by atoms with E-state index in [-0.39, 0.29) is 12.2 Å². The van der Waals surface area contributed by atoms with Crippen LogP contribution in [0.15, 0.2) is 30.3 Å². The summed E-state index contributed by atoms with van der Waals surface area (Å²) in [5.41, 5.74) is 0. The van der Waals surface area contributed by atoms with E-state index >= 15 is 0 Å². The highest BCUT2D eigenvalue weighted by atomic mass is 32.1. The molecule has 0 saturated heterocycles. The first-order valence-electron chi connectivity index (χ1n) is 4.83. The number of ketones is 1.